The van der Waals surface area contributed by atoms with Crippen molar-refractivity contribution in [2.24, 2.45) is 0 Å². The Morgan fingerprint density at radius 3 is 2.29 bits per heavy atom. The lowest BCUT2D eigenvalue weighted by molar-refractivity contribution is -0.138. The molecule has 2 aromatic carbocycles. The van der Waals surface area contributed by atoms with Gasteiger partial charge in [0.15, 0.2) is 0 Å². The molecule has 0 bridgehead atoms. The Labute approximate surface area is 180 Å². The first-order valence-corrected chi connectivity index (χ1v) is 9.04. The molecule has 2 aromatic rings. The fourth-order valence-electron chi connectivity index (χ4n) is 2.48. The van der Waals surface area contributed by atoms with E-state index in [2.05, 4.69) is 0 Å². The number of aliphatic hydroxyl groups is 1. The van der Waals surface area contributed by atoms with Crippen LogP contribution in [0.15, 0.2) is 42.0 Å². The summed E-state index contributed by atoms with van der Waals surface area (Å²) in [4.78, 5) is 40.4. The molecule has 0 spiro atoms. The number of carboxylic acids is 1. The van der Waals surface area contributed by atoms with E-state index in [-0.39, 0.29) is 5.56 Å². The minimum absolute atomic E-state index is 0.0696. The summed E-state index contributed by atoms with van der Waals surface area (Å²) >= 11 is 5.86. The van der Waals surface area contributed by atoms with E-state index in [1.165, 1.54) is 18.2 Å². The minimum Gasteiger partial charge on any atom is -0.506 e. The molecule has 164 valence electrons. The van der Waals surface area contributed by atoms with E-state index in [1.807, 2.05) is 10.8 Å². The molecule has 0 unspecified atom stereocenters. The van der Waals surface area contributed by atoms with Crippen molar-refractivity contribution in [3.8, 4) is 0 Å². The highest BCUT2D eigenvalue weighted by Crippen LogP contribution is 2.23. The van der Waals surface area contributed by atoms with Crippen molar-refractivity contribution in [2.75, 3.05) is 6.54 Å². The van der Waals surface area contributed by atoms with Crippen molar-refractivity contribution >= 4 is 35.1 Å². The van der Waals surface area contributed by atoms with Crippen LogP contribution < -0.4 is 10.8 Å². The Hall–Kier alpha value is -3.50. The van der Waals surface area contributed by atoms with Gasteiger partial charge in [0.2, 0.25) is 0 Å². The predicted molar refractivity (Wildman–Crippen MR) is 106 cm³/mol. The van der Waals surface area contributed by atoms with E-state index in [4.69, 9.17) is 21.5 Å². The molecular weight excluding hydrogens is 438 g/mol. The van der Waals surface area contributed by atoms with Gasteiger partial charge >= 0.3 is 5.97 Å². The molecule has 0 heterocycles. The van der Waals surface area contributed by atoms with Gasteiger partial charge in [-0.3, -0.25) is 19.2 Å². The third-order valence-corrected chi connectivity index (χ3v) is 4.21. The van der Waals surface area contributed by atoms with Crippen LogP contribution in [0.25, 0.3) is 5.76 Å². The average molecular weight is 455 g/mol. The topological polar surface area (TPSA) is 125 Å². The highest BCUT2D eigenvalue weighted by atomic mass is 35.5. The summed E-state index contributed by atoms with van der Waals surface area (Å²) in [7, 11) is 0. The van der Waals surface area contributed by atoms with E-state index in [0.717, 1.165) is 18.2 Å². The molecule has 0 aromatic heterocycles. The maximum Gasteiger partial charge on any atom is 0.322 e. The standard InChI is InChI=1S/C20H17ClF2N2O6/c1-10-7-11(21)5-6-12(10)18(28)17(19(29)24-8-16(26)27)20(30)25-31-9-13-14(22)3-2-4-15(13)23/h2-7,28H,8-9H2,1H3,(H,24,29)(H,25,30)(H,26,27)/b18-17+. The summed E-state index contributed by atoms with van der Waals surface area (Å²) in [6, 6.07) is 7.34. The van der Waals surface area contributed by atoms with Crippen LogP contribution in [0.5, 0.6) is 0 Å². The highest BCUT2D eigenvalue weighted by molar-refractivity contribution is 6.30. The van der Waals surface area contributed by atoms with Crippen LogP contribution in [0.1, 0.15) is 16.7 Å². The lowest BCUT2D eigenvalue weighted by Gasteiger charge is -2.13. The molecule has 31 heavy (non-hydrogen) atoms. The number of aliphatic carboxylic acids is 1. The summed E-state index contributed by atoms with van der Waals surface area (Å²) in [6.45, 7) is 0.0123. The van der Waals surface area contributed by atoms with Crippen molar-refractivity contribution < 1.29 is 38.2 Å². The number of aryl methyl sites for hydroxylation is 1. The summed E-state index contributed by atoms with van der Waals surface area (Å²) < 4.78 is 27.3. The smallest absolute Gasteiger partial charge is 0.322 e. The van der Waals surface area contributed by atoms with Crippen molar-refractivity contribution in [1.82, 2.24) is 10.8 Å². The maximum atomic E-state index is 13.7. The lowest BCUT2D eigenvalue weighted by Crippen LogP contribution is -2.37. The van der Waals surface area contributed by atoms with E-state index in [0.29, 0.717) is 10.6 Å². The number of hydrogen-bond donors (Lipinski definition) is 4. The molecule has 0 fully saturated rings. The van der Waals surface area contributed by atoms with Crippen molar-refractivity contribution in [3.05, 3.63) is 75.3 Å². The number of hydrogen-bond acceptors (Lipinski definition) is 5. The number of hydroxylamine groups is 1. The van der Waals surface area contributed by atoms with Gasteiger partial charge in [-0.05, 0) is 42.8 Å². The van der Waals surface area contributed by atoms with Gasteiger partial charge in [-0.15, -0.1) is 0 Å². The Morgan fingerprint density at radius 2 is 1.71 bits per heavy atom. The van der Waals surface area contributed by atoms with Gasteiger partial charge in [-0.2, -0.15) is 0 Å². The molecule has 0 saturated carbocycles. The summed E-state index contributed by atoms with van der Waals surface area (Å²) in [5.74, 6) is -6.48. The van der Waals surface area contributed by atoms with Crippen LogP contribution >= 0.6 is 11.6 Å². The minimum atomic E-state index is -1.39. The zero-order valence-corrected chi connectivity index (χ0v) is 16.8. The number of rotatable bonds is 8. The van der Waals surface area contributed by atoms with Gasteiger partial charge in [0.05, 0.1) is 5.56 Å². The number of amides is 2. The fraction of sp³-hybridized carbons (Fsp3) is 0.150. The molecule has 2 rings (SSSR count). The highest BCUT2D eigenvalue weighted by Gasteiger charge is 2.26. The van der Waals surface area contributed by atoms with Gasteiger partial charge < -0.3 is 15.5 Å². The van der Waals surface area contributed by atoms with Gasteiger partial charge in [-0.1, -0.05) is 17.7 Å². The monoisotopic (exact) mass is 454 g/mol. The maximum absolute atomic E-state index is 13.7. The summed E-state index contributed by atoms with van der Waals surface area (Å²) in [5, 5.41) is 21.6. The normalized spacial score (nSPS) is 11.5. The molecule has 11 heteroatoms. The molecule has 0 saturated heterocycles. The van der Waals surface area contributed by atoms with E-state index < -0.39 is 59.5 Å². The average Bonchev–Trinajstić information content (AvgIpc) is 2.68. The second-order valence-electron chi connectivity index (χ2n) is 6.18. The molecular formula is C20H17ClF2N2O6. The first-order valence-electron chi connectivity index (χ1n) is 8.66. The van der Waals surface area contributed by atoms with Crippen LogP contribution in [0, 0.1) is 18.6 Å². The molecule has 0 aliphatic heterocycles. The molecule has 2 amide bonds. The zero-order valence-electron chi connectivity index (χ0n) is 16.0. The third kappa shape index (κ3) is 6.24. The second-order valence-corrected chi connectivity index (χ2v) is 6.62. The van der Waals surface area contributed by atoms with Crippen LogP contribution in [-0.2, 0) is 25.8 Å². The van der Waals surface area contributed by atoms with Gasteiger partial charge in [0.1, 0.15) is 36.1 Å². The van der Waals surface area contributed by atoms with Crippen LogP contribution in [0.3, 0.4) is 0 Å². The number of benzene rings is 2. The largest absolute Gasteiger partial charge is 0.506 e. The zero-order chi connectivity index (χ0) is 23.1. The Balaban J connectivity index is 2.29. The molecule has 0 aliphatic carbocycles. The Morgan fingerprint density at radius 1 is 1.06 bits per heavy atom. The molecule has 0 atom stereocenters. The second kappa shape index (κ2) is 10.5. The predicted octanol–water partition coefficient (Wildman–Crippen LogP) is 2.64. The van der Waals surface area contributed by atoms with Crippen molar-refractivity contribution in [2.45, 2.75) is 13.5 Å². The fourth-order valence-corrected chi connectivity index (χ4v) is 2.71. The molecule has 0 aliphatic rings. The van der Waals surface area contributed by atoms with E-state index >= 15 is 0 Å². The van der Waals surface area contributed by atoms with Crippen LogP contribution in [-0.4, -0.2) is 34.5 Å². The summed E-state index contributed by atoms with van der Waals surface area (Å²) in [6.07, 6.45) is 0. The number of aliphatic hydroxyl groups excluding tert-OH is 1. The van der Waals surface area contributed by atoms with Crippen molar-refractivity contribution in [1.29, 1.82) is 0 Å². The Kier molecular flexibility index (Phi) is 8.06. The van der Waals surface area contributed by atoms with E-state index in [1.54, 1.807) is 6.92 Å². The molecule has 8 nitrogen and oxygen atoms in total. The summed E-state index contributed by atoms with van der Waals surface area (Å²) in [5.41, 5.74) is 0.948. The number of carbonyl (C=O) groups excluding carboxylic acids is 2. The number of carboxylic acid groups (broad SMARTS) is 1. The Bertz CT molecular complexity index is 1040. The molecule has 0 radical (unpaired) electrons. The lowest BCUT2D eigenvalue weighted by atomic mass is 10.0. The molecule has 4 N–H and O–H groups in total. The van der Waals surface area contributed by atoms with Crippen LogP contribution in [0.2, 0.25) is 5.02 Å². The quantitative estimate of drug-likeness (QED) is 0.160. The first kappa shape index (κ1) is 23.8. The van der Waals surface area contributed by atoms with E-state index in [9.17, 15) is 28.3 Å². The SMILES string of the molecule is Cc1cc(Cl)ccc1/C(O)=C(/C(=O)NCC(=O)O)C(=O)NOCc1c(F)cccc1F. The van der Waals surface area contributed by atoms with Gasteiger partial charge in [0.25, 0.3) is 11.8 Å². The van der Waals surface area contributed by atoms with Gasteiger partial charge in [0, 0.05) is 10.6 Å². The number of nitrogens with one attached hydrogen (secondary N) is 2. The number of carbonyl (C=O) groups is 3. The van der Waals surface area contributed by atoms with Crippen LogP contribution in [0.4, 0.5) is 8.78 Å². The number of halogens is 3. The first-order chi connectivity index (χ1) is 14.6. The van der Waals surface area contributed by atoms with Gasteiger partial charge in [-0.25, -0.2) is 14.3 Å². The van der Waals surface area contributed by atoms with Crippen molar-refractivity contribution in [3.63, 3.8) is 0 Å². The third-order valence-electron chi connectivity index (χ3n) is 3.98.